The number of ether oxygens (including phenoxy) is 1. The van der Waals surface area contributed by atoms with Crippen LogP contribution in [0.5, 0.6) is 0 Å². The number of aromatic nitrogens is 4. The van der Waals surface area contributed by atoms with Crippen LogP contribution in [0, 0.1) is 5.41 Å². The van der Waals surface area contributed by atoms with Gasteiger partial charge in [-0.05, 0) is 25.2 Å². The number of hydrogen-bond acceptors (Lipinski definition) is 6. The van der Waals surface area contributed by atoms with E-state index in [4.69, 9.17) is 4.74 Å². The Morgan fingerprint density at radius 2 is 2.10 bits per heavy atom. The van der Waals surface area contributed by atoms with Crippen molar-refractivity contribution in [2.75, 3.05) is 36.9 Å². The predicted molar refractivity (Wildman–Crippen MR) is 82.5 cm³/mol. The highest BCUT2D eigenvalue weighted by Crippen LogP contribution is 2.30. The highest BCUT2D eigenvalue weighted by atomic mass is 16.5. The lowest BCUT2D eigenvalue weighted by Crippen LogP contribution is -2.33. The van der Waals surface area contributed by atoms with Crippen LogP contribution in [0.1, 0.15) is 26.7 Å². The maximum absolute atomic E-state index is 5.45. The van der Waals surface area contributed by atoms with Gasteiger partial charge in [-0.2, -0.15) is 9.97 Å². The lowest BCUT2D eigenvalue weighted by Gasteiger charge is -2.33. The van der Waals surface area contributed by atoms with Crippen molar-refractivity contribution in [2.24, 2.45) is 5.41 Å². The SMILES string of the molecule is CCNc1nc(NCC2(C)CCOCC2)c2[nH]cnc2n1. The zero-order valence-electron chi connectivity index (χ0n) is 12.6. The summed E-state index contributed by atoms with van der Waals surface area (Å²) in [5.74, 6) is 1.41. The molecule has 1 saturated heterocycles. The molecular formula is C14H22N6O. The molecule has 0 spiro atoms. The van der Waals surface area contributed by atoms with Gasteiger partial charge in [0.05, 0.1) is 6.33 Å². The highest BCUT2D eigenvalue weighted by molar-refractivity contribution is 5.83. The predicted octanol–water partition coefficient (Wildman–Crippen LogP) is 2.01. The highest BCUT2D eigenvalue weighted by Gasteiger charge is 2.27. The average Bonchev–Trinajstić information content (AvgIpc) is 2.94. The van der Waals surface area contributed by atoms with E-state index in [0.29, 0.717) is 11.6 Å². The fourth-order valence-electron chi connectivity index (χ4n) is 2.54. The Labute approximate surface area is 123 Å². The molecule has 0 bridgehead atoms. The third-order valence-corrected chi connectivity index (χ3v) is 4.00. The van der Waals surface area contributed by atoms with Crippen LogP contribution in [-0.2, 0) is 4.74 Å². The molecule has 0 atom stereocenters. The van der Waals surface area contributed by atoms with Gasteiger partial charge in [0.1, 0.15) is 5.52 Å². The summed E-state index contributed by atoms with van der Waals surface area (Å²) in [6.07, 6.45) is 3.78. The molecule has 7 heteroatoms. The zero-order chi connectivity index (χ0) is 14.7. The summed E-state index contributed by atoms with van der Waals surface area (Å²) >= 11 is 0. The van der Waals surface area contributed by atoms with Crippen LogP contribution in [0.2, 0.25) is 0 Å². The van der Waals surface area contributed by atoms with Crippen molar-refractivity contribution >= 4 is 22.9 Å². The minimum atomic E-state index is 0.244. The van der Waals surface area contributed by atoms with E-state index < -0.39 is 0 Å². The van der Waals surface area contributed by atoms with Crippen LogP contribution in [0.15, 0.2) is 6.33 Å². The van der Waals surface area contributed by atoms with Gasteiger partial charge in [0.25, 0.3) is 0 Å². The third kappa shape index (κ3) is 3.07. The van der Waals surface area contributed by atoms with Crippen LogP contribution in [-0.4, -0.2) is 46.2 Å². The summed E-state index contributed by atoms with van der Waals surface area (Å²) < 4.78 is 5.45. The minimum Gasteiger partial charge on any atom is -0.381 e. The Morgan fingerprint density at radius 1 is 1.29 bits per heavy atom. The molecule has 114 valence electrons. The summed E-state index contributed by atoms with van der Waals surface area (Å²) in [4.78, 5) is 16.3. The Hall–Kier alpha value is -1.89. The fourth-order valence-corrected chi connectivity index (χ4v) is 2.54. The number of fused-ring (bicyclic) bond motifs is 1. The molecule has 1 aliphatic rings. The molecule has 2 aromatic heterocycles. The summed E-state index contributed by atoms with van der Waals surface area (Å²) in [6.45, 7) is 7.64. The number of nitrogens with zero attached hydrogens (tertiary/aromatic N) is 3. The second kappa shape index (κ2) is 5.85. The molecule has 1 aliphatic heterocycles. The molecule has 3 heterocycles. The largest absolute Gasteiger partial charge is 0.381 e. The topological polar surface area (TPSA) is 87.8 Å². The zero-order valence-corrected chi connectivity index (χ0v) is 12.6. The van der Waals surface area contributed by atoms with Gasteiger partial charge in [-0.15, -0.1) is 0 Å². The summed E-state index contributed by atoms with van der Waals surface area (Å²) in [5, 5.41) is 6.61. The number of imidazole rings is 1. The van der Waals surface area contributed by atoms with Gasteiger partial charge in [-0.3, -0.25) is 0 Å². The molecule has 0 amide bonds. The van der Waals surface area contributed by atoms with Gasteiger partial charge in [-0.1, -0.05) is 6.92 Å². The van der Waals surface area contributed by atoms with E-state index in [1.54, 1.807) is 6.33 Å². The number of aromatic amines is 1. The van der Waals surface area contributed by atoms with E-state index >= 15 is 0 Å². The molecule has 0 saturated carbocycles. The van der Waals surface area contributed by atoms with E-state index in [9.17, 15) is 0 Å². The van der Waals surface area contributed by atoms with Crippen molar-refractivity contribution in [3.05, 3.63) is 6.33 Å². The molecule has 1 fully saturated rings. The Balaban J connectivity index is 1.80. The van der Waals surface area contributed by atoms with Crippen molar-refractivity contribution in [1.29, 1.82) is 0 Å². The Kier molecular flexibility index (Phi) is 3.92. The van der Waals surface area contributed by atoms with Crippen molar-refractivity contribution in [1.82, 2.24) is 19.9 Å². The summed E-state index contributed by atoms with van der Waals surface area (Å²) in [7, 11) is 0. The maximum atomic E-state index is 5.45. The molecule has 7 nitrogen and oxygen atoms in total. The maximum Gasteiger partial charge on any atom is 0.226 e. The van der Waals surface area contributed by atoms with Crippen LogP contribution in [0.3, 0.4) is 0 Å². The minimum absolute atomic E-state index is 0.244. The van der Waals surface area contributed by atoms with Gasteiger partial charge in [0.2, 0.25) is 5.95 Å². The second-order valence-electron chi connectivity index (χ2n) is 5.80. The van der Waals surface area contributed by atoms with Crippen LogP contribution in [0.25, 0.3) is 11.2 Å². The number of anilines is 2. The van der Waals surface area contributed by atoms with E-state index in [2.05, 4.69) is 37.5 Å². The average molecular weight is 290 g/mol. The monoisotopic (exact) mass is 290 g/mol. The van der Waals surface area contributed by atoms with Crippen molar-refractivity contribution in [2.45, 2.75) is 26.7 Å². The Morgan fingerprint density at radius 3 is 2.86 bits per heavy atom. The Bertz CT molecular complexity index is 605. The van der Waals surface area contributed by atoms with Crippen molar-refractivity contribution in [3.8, 4) is 0 Å². The standard InChI is InChI=1S/C14H22N6O/c1-3-15-13-19-11(10-12(20-13)18-9-17-10)16-8-14(2)4-6-21-7-5-14/h9H,3-8H2,1-2H3,(H3,15,16,17,18,19,20). The summed E-state index contributed by atoms with van der Waals surface area (Å²) in [6, 6.07) is 0. The van der Waals surface area contributed by atoms with Gasteiger partial charge in [-0.25, -0.2) is 4.98 Å². The lowest BCUT2D eigenvalue weighted by molar-refractivity contribution is 0.0300. The normalized spacial score (nSPS) is 17.8. The molecule has 0 radical (unpaired) electrons. The smallest absolute Gasteiger partial charge is 0.226 e. The summed E-state index contributed by atoms with van der Waals surface area (Å²) in [5.41, 5.74) is 1.78. The number of rotatable bonds is 5. The first-order valence-corrected chi connectivity index (χ1v) is 7.47. The van der Waals surface area contributed by atoms with Crippen LogP contribution in [0.4, 0.5) is 11.8 Å². The molecule has 21 heavy (non-hydrogen) atoms. The first-order chi connectivity index (χ1) is 10.2. The van der Waals surface area contributed by atoms with Gasteiger partial charge in [0.15, 0.2) is 11.5 Å². The van der Waals surface area contributed by atoms with Crippen molar-refractivity contribution < 1.29 is 4.74 Å². The van der Waals surface area contributed by atoms with Gasteiger partial charge in [0, 0.05) is 26.3 Å². The molecule has 0 aliphatic carbocycles. The number of nitrogens with one attached hydrogen (secondary N) is 3. The molecular weight excluding hydrogens is 268 g/mol. The number of H-pyrrole nitrogens is 1. The van der Waals surface area contributed by atoms with Gasteiger partial charge >= 0.3 is 0 Å². The lowest BCUT2D eigenvalue weighted by atomic mass is 9.82. The van der Waals surface area contributed by atoms with E-state index in [-0.39, 0.29) is 5.41 Å². The van der Waals surface area contributed by atoms with E-state index in [1.165, 1.54) is 0 Å². The quantitative estimate of drug-likeness (QED) is 0.781. The molecule has 0 aromatic carbocycles. The van der Waals surface area contributed by atoms with Crippen molar-refractivity contribution in [3.63, 3.8) is 0 Å². The molecule has 3 rings (SSSR count). The third-order valence-electron chi connectivity index (χ3n) is 4.00. The van der Waals surface area contributed by atoms with Crippen LogP contribution < -0.4 is 10.6 Å². The first kappa shape index (κ1) is 14.1. The number of hydrogen-bond donors (Lipinski definition) is 3. The van der Waals surface area contributed by atoms with E-state index in [0.717, 1.165) is 50.5 Å². The van der Waals surface area contributed by atoms with E-state index in [1.807, 2.05) is 6.92 Å². The molecule has 2 aromatic rings. The van der Waals surface area contributed by atoms with Crippen LogP contribution >= 0.6 is 0 Å². The molecule has 0 unspecified atom stereocenters. The fraction of sp³-hybridized carbons (Fsp3) is 0.643. The second-order valence-corrected chi connectivity index (χ2v) is 5.80. The van der Waals surface area contributed by atoms with Gasteiger partial charge < -0.3 is 20.4 Å². The molecule has 3 N–H and O–H groups in total. The first-order valence-electron chi connectivity index (χ1n) is 7.47.